The van der Waals surface area contributed by atoms with Gasteiger partial charge in [0.05, 0.1) is 13.1 Å². The second-order valence-corrected chi connectivity index (χ2v) is 5.32. The number of carbonyl (C=O) groups is 1. The molecule has 6 heteroatoms. The van der Waals surface area contributed by atoms with Crippen molar-refractivity contribution < 1.29 is 9.53 Å². The molecule has 3 N–H and O–H groups in total. The highest BCUT2D eigenvalue weighted by Gasteiger charge is 2.03. The van der Waals surface area contributed by atoms with E-state index >= 15 is 0 Å². The number of hydrogen-bond acceptors (Lipinski definition) is 3. The topological polar surface area (TPSA) is 74.8 Å². The molecule has 0 aliphatic rings. The van der Waals surface area contributed by atoms with Crippen molar-refractivity contribution >= 4 is 11.9 Å². The summed E-state index contributed by atoms with van der Waals surface area (Å²) in [5.74, 6) is 1.56. The maximum absolute atomic E-state index is 11.6. The SMILES string of the molecule is CCNC(=NCCC(=O)NC(C)C)NCCOc1ccccc1. The monoisotopic (exact) mass is 320 g/mol. The van der Waals surface area contributed by atoms with Gasteiger partial charge in [0.25, 0.3) is 0 Å². The van der Waals surface area contributed by atoms with Gasteiger partial charge in [0.1, 0.15) is 12.4 Å². The van der Waals surface area contributed by atoms with Gasteiger partial charge in [-0.15, -0.1) is 0 Å². The van der Waals surface area contributed by atoms with Gasteiger partial charge in [0.2, 0.25) is 5.91 Å². The molecule has 1 amide bonds. The van der Waals surface area contributed by atoms with Crippen LogP contribution in [0, 0.1) is 0 Å². The van der Waals surface area contributed by atoms with Gasteiger partial charge in [0.15, 0.2) is 5.96 Å². The van der Waals surface area contributed by atoms with E-state index in [2.05, 4.69) is 20.9 Å². The van der Waals surface area contributed by atoms with E-state index in [9.17, 15) is 4.79 Å². The van der Waals surface area contributed by atoms with Crippen LogP contribution in [-0.2, 0) is 4.79 Å². The smallest absolute Gasteiger partial charge is 0.222 e. The fraction of sp³-hybridized carbons (Fsp3) is 0.529. The quantitative estimate of drug-likeness (QED) is 0.366. The zero-order chi connectivity index (χ0) is 16.9. The lowest BCUT2D eigenvalue weighted by molar-refractivity contribution is -0.121. The van der Waals surface area contributed by atoms with Crippen LogP contribution in [-0.4, -0.2) is 44.1 Å². The maximum Gasteiger partial charge on any atom is 0.222 e. The van der Waals surface area contributed by atoms with Crippen LogP contribution in [0.25, 0.3) is 0 Å². The van der Waals surface area contributed by atoms with Gasteiger partial charge < -0.3 is 20.7 Å². The largest absolute Gasteiger partial charge is 0.492 e. The zero-order valence-corrected chi connectivity index (χ0v) is 14.3. The first-order valence-electron chi connectivity index (χ1n) is 8.11. The lowest BCUT2D eigenvalue weighted by atomic mass is 10.3. The fourth-order valence-electron chi connectivity index (χ4n) is 1.86. The predicted molar refractivity (Wildman–Crippen MR) is 93.8 cm³/mol. The molecule has 0 spiro atoms. The molecule has 23 heavy (non-hydrogen) atoms. The second kappa shape index (κ2) is 11.3. The summed E-state index contributed by atoms with van der Waals surface area (Å²) < 4.78 is 5.61. The summed E-state index contributed by atoms with van der Waals surface area (Å²) in [7, 11) is 0. The van der Waals surface area contributed by atoms with Gasteiger partial charge in [-0.2, -0.15) is 0 Å². The molecule has 0 bridgehead atoms. The highest BCUT2D eigenvalue weighted by molar-refractivity contribution is 5.80. The number of hydrogen-bond donors (Lipinski definition) is 3. The standard InChI is InChI=1S/C17H28N4O2/c1-4-18-17(19-11-10-16(22)21-14(2)3)20-12-13-23-15-8-6-5-7-9-15/h5-9,14H,4,10-13H2,1-3H3,(H,21,22)(H2,18,19,20). The van der Waals surface area contributed by atoms with E-state index in [-0.39, 0.29) is 11.9 Å². The summed E-state index contributed by atoms with van der Waals surface area (Å²) >= 11 is 0. The third kappa shape index (κ3) is 9.39. The van der Waals surface area contributed by atoms with E-state index < -0.39 is 0 Å². The maximum atomic E-state index is 11.6. The molecule has 1 rings (SSSR count). The van der Waals surface area contributed by atoms with E-state index in [4.69, 9.17) is 4.74 Å². The van der Waals surface area contributed by atoms with Gasteiger partial charge >= 0.3 is 0 Å². The van der Waals surface area contributed by atoms with Crippen LogP contribution in [0.2, 0.25) is 0 Å². The van der Waals surface area contributed by atoms with E-state index in [0.29, 0.717) is 32.1 Å². The summed E-state index contributed by atoms with van der Waals surface area (Å²) in [5, 5.41) is 9.18. The Morgan fingerprint density at radius 1 is 1.22 bits per heavy atom. The van der Waals surface area contributed by atoms with Crippen LogP contribution in [0.1, 0.15) is 27.2 Å². The average molecular weight is 320 g/mol. The molecule has 1 aromatic rings. The lowest BCUT2D eigenvalue weighted by Gasteiger charge is -2.12. The number of nitrogens with one attached hydrogen (secondary N) is 3. The molecule has 0 atom stereocenters. The molecular formula is C17H28N4O2. The minimum absolute atomic E-state index is 0.0204. The molecule has 0 unspecified atom stereocenters. The Morgan fingerprint density at radius 3 is 2.61 bits per heavy atom. The molecule has 128 valence electrons. The summed E-state index contributed by atoms with van der Waals surface area (Å²) in [6.07, 6.45) is 0.384. The molecule has 0 fully saturated rings. The molecular weight excluding hydrogens is 292 g/mol. The Morgan fingerprint density at radius 2 is 1.96 bits per heavy atom. The van der Waals surface area contributed by atoms with Crippen molar-refractivity contribution in [2.45, 2.75) is 33.2 Å². The number of aliphatic imine (C=N–C) groups is 1. The molecule has 0 aliphatic heterocycles. The average Bonchev–Trinajstić information content (AvgIpc) is 2.51. The van der Waals surface area contributed by atoms with Crippen LogP contribution in [0.3, 0.4) is 0 Å². The van der Waals surface area contributed by atoms with E-state index in [0.717, 1.165) is 12.3 Å². The van der Waals surface area contributed by atoms with E-state index in [1.54, 1.807) is 0 Å². The molecule has 0 aromatic heterocycles. The van der Waals surface area contributed by atoms with Crippen molar-refractivity contribution in [3.05, 3.63) is 30.3 Å². The molecule has 0 saturated heterocycles. The van der Waals surface area contributed by atoms with E-state index in [1.165, 1.54) is 0 Å². The number of para-hydroxylation sites is 1. The predicted octanol–water partition coefficient (Wildman–Crippen LogP) is 1.54. The van der Waals surface area contributed by atoms with Crippen molar-refractivity contribution in [3.63, 3.8) is 0 Å². The van der Waals surface area contributed by atoms with Crippen molar-refractivity contribution in [3.8, 4) is 5.75 Å². The van der Waals surface area contributed by atoms with Gasteiger partial charge in [-0.05, 0) is 32.9 Å². The lowest BCUT2D eigenvalue weighted by Crippen LogP contribution is -2.39. The van der Waals surface area contributed by atoms with Crippen molar-refractivity contribution in [1.82, 2.24) is 16.0 Å². The van der Waals surface area contributed by atoms with Crippen molar-refractivity contribution in [2.75, 3.05) is 26.2 Å². The van der Waals surface area contributed by atoms with Crippen LogP contribution >= 0.6 is 0 Å². The summed E-state index contributed by atoms with van der Waals surface area (Å²) in [6.45, 7) is 8.29. The Labute approximate surface area is 138 Å². The Hall–Kier alpha value is -2.24. The molecule has 0 saturated carbocycles. The zero-order valence-electron chi connectivity index (χ0n) is 14.3. The first kappa shape index (κ1) is 18.8. The van der Waals surface area contributed by atoms with Gasteiger partial charge in [-0.1, -0.05) is 18.2 Å². The van der Waals surface area contributed by atoms with Gasteiger partial charge in [-0.3, -0.25) is 9.79 Å². The van der Waals surface area contributed by atoms with E-state index in [1.807, 2.05) is 51.1 Å². The second-order valence-electron chi connectivity index (χ2n) is 5.32. The summed E-state index contributed by atoms with van der Waals surface area (Å²) in [4.78, 5) is 16.0. The van der Waals surface area contributed by atoms with Gasteiger partial charge in [-0.25, -0.2) is 0 Å². The Bertz CT molecular complexity index is 475. The normalized spacial score (nSPS) is 11.2. The number of carbonyl (C=O) groups excluding carboxylic acids is 1. The molecule has 6 nitrogen and oxygen atoms in total. The fourth-order valence-corrected chi connectivity index (χ4v) is 1.86. The number of nitrogens with zero attached hydrogens (tertiary/aromatic N) is 1. The third-order valence-electron chi connectivity index (χ3n) is 2.81. The number of rotatable bonds is 9. The first-order valence-corrected chi connectivity index (χ1v) is 8.11. The molecule has 0 heterocycles. The minimum Gasteiger partial charge on any atom is -0.492 e. The minimum atomic E-state index is 0.0204. The van der Waals surface area contributed by atoms with Gasteiger partial charge in [0, 0.05) is 19.0 Å². The third-order valence-corrected chi connectivity index (χ3v) is 2.81. The van der Waals surface area contributed by atoms with Crippen LogP contribution < -0.4 is 20.7 Å². The summed E-state index contributed by atoms with van der Waals surface area (Å²) in [5.41, 5.74) is 0. The highest BCUT2D eigenvalue weighted by atomic mass is 16.5. The number of benzene rings is 1. The summed E-state index contributed by atoms with van der Waals surface area (Å²) in [6, 6.07) is 9.84. The molecule has 0 radical (unpaired) electrons. The number of amides is 1. The van der Waals surface area contributed by atoms with Crippen molar-refractivity contribution in [1.29, 1.82) is 0 Å². The van der Waals surface area contributed by atoms with Crippen LogP contribution in [0.5, 0.6) is 5.75 Å². The van der Waals surface area contributed by atoms with Crippen LogP contribution in [0.4, 0.5) is 0 Å². The number of ether oxygens (including phenoxy) is 1. The highest BCUT2D eigenvalue weighted by Crippen LogP contribution is 2.07. The molecule has 1 aromatic carbocycles. The van der Waals surface area contributed by atoms with Crippen LogP contribution in [0.15, 0.2) is 35.3 Å². The van der Waals surface area contributed by atoms with Crippen molar-refractivity contribution in [2.24, 2.45) is 4.99 Å². The Kier molecular flexibility index (Phi) is 9.28. The first-order chi connectivity index (χ1) is 11.1. The Balaban J connectivity index is 2.27. The number of guanidine groups is 1. The molecule has 0 aliphatic carbocycles.